The number of carboxylic acid groups (broad SMARTS) is 1. The Balaban J connectivity index is 1.65. The average Bonchev–Trinajstić information content (AvgIpc) is 3.32. The molecule has 3 rings (SSSR count). The molecule has 0 saturated heterocycles. The first kappa shape index (κ1) is 28.0. The van der Waals surface area contributed by atoms with Crippen molar-refractivity contribution in [3.63, 3.8) is 0 Å². The summed E-state index contributed by atoms with van der Waals surface area (Å²) in [5.74, 6) is -1.09. The van der Waals surface area contributed by atoms with Crippen LogP contribution in [0.1, 0.15) is 72.1 Å². The largest absolute Gasteiger partial charge is 0.481 e. The highest BCUT2D eigenvalue weighted by molar-refractivity contribution is 5.88. The molecule has 1 aromatic carbocycles. The second-order valence-corrected chi connectivity index (χ2v) is 11.4. The Hall–Kier alpha value is -3.62. The van der Waals surface area contributed by atoms with Crippen LogP contribution in [-0.4, -0.2) is 55.5 Å². The van der Waals surface area contributed by atoms with Crippen molar-refractivity contribution in [2.45, 2.75) is 77.4 Å². The molecule has 0 unspecified atom stereocenters. The van der Waals surface area contributed by atoms with Crippen molar-refractivity contribution in [1.29, 1.82) is 0 Å². The van der Waals surface area contributed by atoms with Gasteiger partial charge >= 0.3 is 18.2 Å². The summed E-state index contributed by atoms with van der Waals surface area (Å²) in [5.41, 5.74) is -1.11. The third kappa shape index (κ3) is 7.44. The van der Waals surface area contributed by atoms with E-state index in [1.54, 1.807) is 58.6 Å². The summed E-state index contributed by atoms with van der Waals surface area (Å²) in [6.45, 7) is 10.4. The highest BCUT2D eigenvalue weighted by Gasteiger charge is 2.62. The molecule has 2 amide bonds. The molecule has 1 fully saturated rings. The molecular weight excluding hydrogens is 474 g/mol. The number of amides is 2. The minimum absolute atomic E-state index is 0.0598. The summed E-state index contributed by atoms with van der Waals surface area (Å²) in [7, 11) is 0. The normalized spacial score (nSPS) is 19.5. The van der Waals surface area contributed by atoms with Gasteiger partial charge in [0.2, 0.25) is 0 Å². The quantitative estimate of drug-likeness (QED) is 0.476. The van der Waals surface area contributed by atoms with E-state index in [4.69, 9.17) is 9.47 Å². The van der Waals surface area contributed by atoms with Crippen LogP contribution in [0.15, 0.2) is 42.9 Å². The maximum Gasteiger partial charge on any atom is 0.419 e. The zero-order chi connectivity index (χ0) is 27.4. The van der Waals surface area contributed by atoms with Crippen LogP contribution in [0.4, 0.5) is 9.59 Å². The van der Waals surface area contributed by atoms with Crippen molar-refractivity contribution in [2.24, 2.45) is 5.92 Å². The highest BCUT2D eigenvalue weighted by Crippen LogP contribution is 2.56. The fourth-order valence-corrected chi connectivity index (χ4v) is 4.14. The SMILES string of the molecule is CC(C)(C)OC(=O)N(CCC[C@H]1C[C@]1(C(=O)O)c1cn(/C=C/c2ccccc2)cn1)C(=O)OC(C)(C)C. The van der Waals surface area contributed by atoms with E-state index < -0.39 is 34.8 Å². The number of hydrogen-bond acceptors (Lipinski definition) is 6. The summed E-state index contributed by atoms with van der Waals surface area (Å²) in [4.78, 5) is 43.0. The molecule has 37 heavy (non-hydrogen) atoms. The number of hydrogen-bond donors (Lipinski definition) is 1. The number of nitrogens with zero attached hydrogens (tertiary/aromatic N) is 3. The molecule has 1 aromatic heterocycles. The molecule has 0 bridgehead atoms. The number of benzene rings is 1. The smallest absolute Gasteiger partial charge is 0.419 e. The van der Waals surface area contributed by atoms with E-state index in [1.165, 1.54) is 0 Å². The molecule has 200 valence electrons. The Morgan fingerprint density at radius 1 is 1.08 bits per heavy atom. The van der Waals surface area contributed by atoms with Crippen molar-refractivity contribution in [1.82, 2.24) is 14.5 Å². The molecule has 2 atom stereocenters. The van der Waals surface area contributed by atoms with Crippen LogP contribution in [-0.2, 0) is 19.7 Å². The summed E-state index contributed by atoms with van der Waals surface area (Å²) in [6, 6.07) is 9.78. The van der Waals surface area contributed by atoms with Crippen molar-refractivity contribution in [3.8, 4) is 0 Å². The number of aromatic nitrogens is 2. The second kappa shape index (κ2) is 10.8. The van der Waals surface area contributed by atoms with E-state index >= 15 is 0 Å². The summed E-state index contributed by atoms with van der Waals surface area (Å²) in [5, 5.41) is 10.1. The van der Waals surface area contributed by atoms with Crippen LogP contribution in [0.25, 0.3) is 12.3 Å². The molecule has 1 aliphatic rings. The standard InChI is InChI=1S/C28H37N3O6/c1-26(2,3)36-24(34)31(25(35)37-27(4,5)6)15-10-13-21-17-28(21,23(32)33)22-18-30(19-29-22)16-14-20-11-8-7-9-12-20/h7-9,11-12,14,16,18-19,21H,10,13,15,17H2,1-6H3,(H,32,33)/b16-14+/t21-,28+/m0/s1. The number of carboxylic acids is 1. The van der Waals surface area contributed by atoms with Crippen molar-refractivity contribution < 1.29 is 29.0 Å². The van der Waals surface area contributed by atoms with E-state index in [0.717, 1.165) is 10.5 Å². The van der Waals surface area contributed by atoms with E-state index in [2.05, 4.69) is 4.98 Å². The molecule has 1 N–H and O–H groups in total. The van der Waals surface area contributed by atoms with Crippen molar-refractivity contribution in [2.75, 3.05) is 6.54 Å². The number of aliphatic carboxylic acids is 1. The molecule has 1 saturated carbocycles. The third-order valence-electron chi connectivity index (χ3n) is 5.95. The number of imide groups is 1. The van der Waals surface area contributed by atoms with Crippen molar-refractivity contribution in [3.05, 3.63) is 54.1 Å². The highest BCUT2D eigenvalue weighted by atomic mass is 16.6. The molecule has 2 aromatic rings. The first-order valence-electron chi connectivity index (χ1n) is 12.5. The number of imidazole rings is 1. The Kier molecular flexibility index (Phi) is 8.15. The predicted octanol–water partition coefficient (Wildman–Crippen LogP) is 5.81. The van der Waals surface area contributed by atoms with Gasteiger partial charge in [-0.2, -0.15) is 0 Å². The molecule has 1 aliphatic carbocycles. The van der Waals surface area contributed by atoms with Gasteiger partial charge in [-0.3, -0.25) is 4.79 Å². The second-order valence-electron chi connectivity index (χ2n) is 11.4. The zero-order valence-electron chi connectivity index (χ0n) is 22.4. The van der Waals surface area contributed by atoms with E-state index in [9.17, 15) is 19.5 Å². The van der Waals surface area contributed by atoms with Gasteiger partial charge in [-0.25, -0.2) is 19.5 Å². The molecule has 9 heteroatoms. The monoisotopic (exact) mass is 511 g/mol. The number of ether oxygens (including phenoxy) is 2. The Morgan fingerprint density at radius 3 is 2.22 bits per heavy atom. The minimum atomic E-state index is -1.07. The van der Waals surface area contributed by atoms with Gasteiger partial charge < -0.3 is 19.1 Å². The first-order valence-corrected chi connectivity index (χ1v) is 12.5. The van der Waals surface area contributed by atoms with Crippen molar-refractivity contribution >= 4 is 30.4 Å². The topological polar surface area (TPSA) is 111 Å². The van der Waals surface area contributed by atoms with Gasteiger partial charge in [-0.05, 0) is 78.4 Å². The van der Waals surface area contributed by atoms with Crippen LogP contribution in [0.5, 0.6) is 0 Å². The first-order chi connectivity index (χ1) is 17.2. The Bertz CT molecular complexity index is 1110. The molecule has 1 heterocycles. The van der Waals surface area contributed by atoms with Crippen LogP contribution in [0.2, 0.25) is 0 Å². The van der Waals surface area contributed by atoms with Gasteiger partial charge in [0.1, 0.15) is 16.6 Å². The lowest BCUT2D eigenvalue weighted by Crippen LogP contribution is -2.44. The summed E-state index contributed by atoms with van der Waals surface area (Å²) < 4.78 is 12.5. The minimum Gasteiger partial charge on any atom is -0.481 e. The summed E-state index contributed by atoms with van der Waals surface area (Å²) >= 11 is 0. The van der Waals surface area contributed by atoms with Gasteiger partial charge in [-0.1, -0.05) is 30.3 Å². The van der Waals surface area contributed by atoms with Crippen LogP contribution in [0.3, 0.4) is 0 Å². The summed E-state index contributed by atoms with van der Waals surface area (Å²) in [6.07, 6.45) is 6.87. The zero-order valence-corrected chi connectivity index (χ0v) is 22.4. The maximum absolute atomic E-state index is 12.7. The molecular formula is C28H37N3O6. The molecule has 0 spiro atoms. The van der Waals surface area contributed by atoms with Gasteiger partial charge in [0.15, 0.2) is 0 Å². The van der Waals surface area contributed by atoms with Crippen LogP contribution < -0.4 is 0 Å². The number of carbonyl (C=O) groups is 3. The van der Waals surface area contributed by atoms with Crippen LogP contribution >= 0.6 is 0 Å². The fourth-order valence-electron chi connectivity index (χ4n) is 4.14. The number of rotatable bonds is 8. The lowest BCUT2D eigenvalue weighted by molar-refractivity contribution is -0.140. The number of carbonyl (C=O) groups excluding carboxylic acids is 2. The van der Waals surface area contributed by atoms with Gasteiger partial charge in [0.05, 0.1) is 12.0 Å². The molecule has 0 aliphatic heterocycles. The third-order valence-corrected chi connectivity index (χ3v) is 5.95. The maximum atomic E-state index is 12.7. The molecule has 0 radical (unpaired) electrons. The fraction of sp³-hybridized carbons (Fsp3) is 0.500. The lowest BCUT2D eigenvalue weighted by atomic mass is 9.98. The van der Waals surface area contributed by atoms with Crippen LogP contribution in [0, 0.1) is 5.92 Å². The predicted molar refractivity (Wildman–Crippen MR) is 140 cm³/mol. The van der Waals surface area contributed by atoms with Gasteiger partial charge in [-0.15, -0.1) is 0 Å². The van der Waals surface area contributed by atoms with Gasteiger partial charge in [0, 0.05) is 18.9 Å². The Morgan fingerprint density at radius 2 is 1.68 bits per heavy atom. The Labute approximate surface area is 218 Å². The van der Waals surface area contributed by atoms with E-state index in [1.807, 2.05) is 42.6 Å². The molecule has 9 nitrogen and oxygen atoms in total. The lowest BCUT2D eigenvalue weighted by Gasteiger charge is -2.28. The van der Waals surface area contributed by atoms with Gasteiger partial charge in [0.25, 0.3) is 0 Å². The average molecular weight is 512 g/mol. The van der Waals surface area contributed by atoms with E-state index in [0.29, 0.717) is 25.0 Å². The van der Waals surface area contributed by atoms with E-state index in [-0.39, 0.29) is 12.5 Å².